The summed E-state index contributed by atoms with van der Waals surface area (Å²) in [6.07, 6.45) is 4.12. The number of anilines is 1. The fraction of sp³-hybridized carbons (Fsp3) is 0.294. The molecule has 126 valence electrons. The summed E-state index contributed by atoms with van der Waals surface area (Å²) in [7, 11) is 0. The van der Waals surface area contributed by atoms with Gasteiger partial charge in [-0.1, -0.05) is 29.3 Å². The summed E-state index contributed by atoms with van der Waals surface area (Å²) in [6, 6.07) is 6.75. The highest BCUT2D eigenvalue weighted by molar-refractivity contribution is 6.44. The molecule has 1 fully saturated rings. The molecule has 1 aromatic heterocycles. The summed E-state index contributed by atoms with van der Waals surface area (Å²) < 4.78 is 4.94. The number of amides is 2. The SMILES string of the molecule is O=C(Nc1cccc(Cl)c1Cl)C1CCN(C(=O)c2ccoc2)CC1. The molecule has 1 saturated heterocycles. The molecule has 0 bridgehead atoms. The maximum Gasteiger partial charge on any atom is 0.257 e. The van der Waals surface area contributed by atoms with Gasteiger partial charge in [0, 0.05) is 19.0 Å². The summed E-state index contributed by atoms with van der Waals surface area (Å²) >= 11 is 12.0. The van der Waals surface area contributed by atoms with Crippen LogP contribution >= 0.6 is 23.2 Å². The Morgan fingerprint density at radius 3 is 2.58 bits per heavy atom. The second kappa shape index (κ2) is 7.28. The van der Waals surface area contributed by atoms with Crippen molar-refractivity contribution in [3.05, 3.63) is 52.4 Å². The summed E-state index contributed by atoms with van der Waals surface area (Å²) in [5.74, 6) is -0.330. The number of likely N-dealkylation sites (tertiary alicyclic amines) is 1. The average molecular weight is 367 g/mol. The zero-order valence-electron chi connectivity index (χ0n) is 12.8. The molecule has 1 N–H and O–H groups in total. The molecule has 0 saturated carbocycles. The van der Waals surface area contributed by atoms with Gasteiger partial charge in [0.15, 0.2) is 0 Å². The van der Waals surface area contributed by atoms with Crippen molar-refractivity contribution in [3.63, 3.8) is 0 Å². The van der Waals surface area contributed by atoms with Gasteiger partial charge in [0.2, 0.25) is 5.91 Å². The van der Waals surface area contributed by atoms with Gasteiger partial charge in [0.25, 0.3) is 5.91 Å². The fourth-order valence-corrected chi connectivity index (χ4v) is 3.10. The zero-order valence-corrected chi connectivity index (χ0v) is 14.3. The molecule has 1 aliphatic heterocycles. The van der Waals surface area contributed by atoms with Crippen LogP contribution in [0.15, 0.2) is 41.2 Å². The Hall–Kier alpha value is -1.98. The van der Waals surface area contributed by atoms with E-state index in [1.165, 1.54) is 12.5 Å². The van der Waals surface area contributed by atoms with E-state index in [4.69, 9.17) is 27.6 Å². The van der Waals surface area contributed by atoms with Gasteiger partial charge in [-0.05, 0) is 31.0 Å². The van der Waals surface area contributed by atoms with Gasteiger partial charge in [-0.15, -0.1) is 0 Å². The van der Waals surface area contributed by atoms with E-state index in [2.05, 4.69) is 5.32 Å². The van der Waals surface area contributed by atoms with Crippen molar-refractivity contribution in [1.82, 2.24) is 4.90 Å². The first-order valence-corrected chi connectivity index (χ1v) is 8.38. The Morgan fingerprint density at radius 1 is 1.17 bits per heavy atom. The first-order valence-electron chi connectivity index (χ1n) is 7.62. The lowest BCUT2D eigenvalue weighted by Crippen LogP contribution is -2.41. The third kappa shape index (κ3) is 3.57. The molecule has 24 heavy (non-hydrogen) atoms. The Kier molecular flexibility index (Phi) is 5.11. The third-order valence-corrected chi connectivity index (χ3v) is 4.95. The molecule has 7 heteroatoms. The Morgan fingerprint density at radius 2 is 1.92 bits per heavy atom. The molecule has 0 atom stereocenters. The van der Waals surface area contributed by atoms with Crippen LogP contribution in [0.5, 0.6) is 0 Å². The van der Waals surface area contributed by atoms with Gasteiger partial charge in [0.1, 0.15) is 6.26 Å². The number of nitrogens with one attached hydrogen (secondary N) is 1. The number of hydrogen-bond donors (Lipinski definition) is 1. The Labute approximate surface area is 149 Å². The van der Waals surface area contributed by atoms with Crippen molar-refractivity contribution in [1.29, 1.82) is 0 Å². The molecule has 5 nitrogen and oxygen atoms in total. The molecule has 2 heterocycles. The van der Waals surface area contributed by atoms with E-state index in [1.54, 1.807) is 29.2 Å². The van der Waals surface area contributed by atoms with Gasteiger partial charge >= 0.3 is 0 Å². The van der Waals surface area contributed by atoms with E-state index in [0.29, 0.717) is 47.2 Å². The number of hydrogen-bond acceptors (Lipinski definition) is 3. The van der Waals surface area contributed by atoms with E-state index in [-0.39, 0.29) is 17.7 Å². The van der Waals surface area contributed by atoms with E-state index in [9.17, 15) is 9.59 Å². The van der Waals surface area contributed by atoms with Crippen molar-refractivity contribution in [2.24, 2.45) is 5.92 Å². The minimum Gasteiger partial charge on any atom is -0.472 e. The maximum absolute atomic E-state index is 12.4. The molecule has 0 spiro atoms. The fourth-order valence-electron chi connectivity index (χ4n) is 2.75. The summed E-state index contributed by atoms with van der Waals surface area (Å²) in [5.41, 5.74) is 1.04. The summed E-state index contributed by atoms with van der Waals surface area (Å²) in [4.78, 5) is 26.4. The second-order valence-electron chi connectivity index (χ2n) is 5.67. The smallest absolute Gasteiger partial charge is 0.257 e. The number of piperidine rings is 1. The molecule has 0 unspecified atom stereocenters. The molecule has 1 aliphatic rings. The van der Waals surface area contributed by atoms with Crippen molar-refractivity contribution in [3.8, 4) is 0 Å². The van der Waals surface area contributed by atoms with Gasteiger partial charge in [-0.2, -0.15) is 0 Å². The molecular formula is C17H16Cl2N2O3. The number of rotatable bonds is 3. The highest BCUT2D eigenvalue weighted by atomic mass is 35.5. The first kappa shape index (κ1) is 16.9. The van der Waals surface area contributed by atoms with Crippen LogP contribution in [0, 0.1) is 5.92 Å². The molecule has 3 rings (SSSR count). The average Bonchev–Trinajstić information content (AvgIpc) is 3.13. The van der Waals surface area contributed by atoms with Crippen molar-refractivity contribution < 1.29 is 14.0 Å². The van der Waals surface area contributed by atoms with Crippen molar-refractivity contribution in [2.75, 3.05) is 18.4 Å². The molecular weight excluding hydrogens is 351 g/mol. The van der Waals surface area contributed by atoms with Crippen molar-refractivity contribution in [2.45, 2.75) is 12.8 Å². The van der Waals surface area contributed by atoms with Crippen LogP contribution in [-0.2, 0) is 4.79 Å². The number of carbonyl (C=O) groups excluding carboxylic acids is 2. The van der Waals surface area contributed by atoms with E-state index in [0.717, 1.165) is 0 Å². The highest BCUT2D eigenvalue weighted by Gasteiger charge is 2.28. The number of benzene rings is 1. The Bertz CT molecular complexity index is 738. The Balaban J connectivity index is 1.57. The quantitative estimate of drug-likeness (QED) is 0.889. The number of halogens is 2. The number of nitrogens with zero attached hydrogens (tertiary/aromatic N) is 1. The van der Waals surface area contributed by atoms with Crippen molar-refractivity contribution >= 4 is 40.7 Å². The predicted molar refractivity (Wildman–Crippen MR) is 92.4 cm³/mol. The van der Waals surface area contributed by atoms with Crippen LogP contribution in [0.3, 0.4) is 0 Å². The summed E-state index contributed by atoms with van der Waals surface area (Å²) in [5, 5.41) is 3.55. The third-order valence-electron chi connectivity index (χ3n) is 4.13. The summed E-state index contributed by atoms with van der Waals surface area (Å²) in [6.45, 7) is 1.07. The topological polar surface area (TPSA) is 62.6 Å². The van der Waals surface area contributed by atoms with E-state index < -0.39 is 0 Å². The molecule has 2 amide bonds. The lowest BCUT2D eigenvalue weighted by Gasteiger charge is -2.31. The van der Waals surface area contributed by atoms with Crippen LogP contribution in [-0.4, -0.2) is 29.8 Å². The number of furan rings is 1. The standard InChI is InChI=1S/C17H16Cl2N2O3/c18-13-2-1-3-14(15(13)19)20-16(22)11-4-7-21(8-5-11)17(23)12-6-9-24-10-12/h1-3,6,9-11H,4-5,7-8H2,(H,20,22). The van der Waals surface area contributed by atoms with Gasteiger partial charge in [-0.25, -0.2) is 0 Å². The van der Waals surface area contributed by atoms with E-state index in [1.807, 2.05) is 0 Å². The van der Waals surface area contributed by atoms with Crippen LogP contribution in [0.25, 0.3) is 0 Å². The molecule has 2 aromatic rings. The molecule has 1 aromatic carbocycles. The van der Waals surface area contributed by atoms with Crippen LogP contribution in [0.2, 0.25) is 10.0 Å². The minimum absolute atomic E-state index is 0.0690. The lowest BCUT2D eigenvalue weighted by molar-refractivity contribution is -0.121. The maximum atomic E-state index is 12.4. The van der Waals surface area contributed by atoms with Gasteiger partial charge in [-0.3, -0.25) is 9.59 Å². The first-order chi connectivity index (χ1) is 11.6. The van der Waals surface area contributed by atoms with E-state index >= 15 is 0 Å². The second-order valence-corrected chi connectivity index (χ2v) is 6.45. The zero-order chi connectivity index (χ0) is 17.1. The molecule has 0 aliphatic carbocycles. The lowest BCUT2D eigenvalue weighted by atomic mass is 9.95. The predicted octanol–water partition coefficient (Wildman–Crippen LogP) is 4.08. The van der Waals surface area contributed by atoms with Crippen LogP contribution in [0.1, 0.15) is 23.2 Å². The normalized spacial score (nSPS) is 15.3. The number of carbonyl (C=O) groups is 2. The van der Waals surface area contributed by atoms with Crippen LogP contribution in [0.4, 0.5) is 5.69 Å². The highest BCUT2D eigenvalue weighted by Crippen LogP contribution is 2.30. The largest absolute Gasteiger partial charge is 0.472 e. The van der Waals surface area contributed by atoms with Gasteiger partial charge < -0.3 is 14.6 Å². The van der Waals surface area contributed by atoms with Gasteiger partial charge in [0.05, 0.1) is 27.6 Å². The monoisotopic (exact) mass is 366 g/mol. The minimum atomic E-state index is -0.159. The van der Waals surface area contributed by atoms with Crippen LogP contribution < -0.4 is 5.32 Å². The molecule has 0 radical (unpaired) electrons.